The number of hydrogen-bond donors (Lipinski definition) is 19. The number of halogens is 2. The molecule has 33 nitrogen and oxygen atoms in total. The molecule has 0 aromatic heterocycles. The van der Waals surface area contributed by atoms with Crippen LogP contribution in [0.15, 0.2) is 109 Å². The molecular formula is C73H82Cl2N10O23. The lowest BCUT2D eigenvalue weighted by molar-refractivity contribution is -0.333. The number of likely N-dealkylation sites (N-methyl/N-ethyl adjacent to an activating group) is 1. The molecule has 18 atom stereocenters. The number of nitrogens with two attached hydrogens (primary N) is 2. The molecule has 35 heteroatoms. The van der Waals surface area contributed by atoms with Crippen LogP contribution >= 0.6 is 23.2 Å². The third-order valence-corrected chi connectivity index (χ3v) is 19.7. The van der Waals surface area contributed by atoms with Crippen LogP contribution in [0.5, 0.6) is 46.0 Å². The van der Waals surface area contributed by atoms with Gasteiger partial charge in [0.1, 0.15) is 95.5 Å². The summed E-state index contributed by atoms with van der Waals surface area (Å²) in [6.45, 7) is 5.54. The minimum atomic E-state index is -2.34. The van der Waals surface area contributed by atoms with E-state index < -0.39 is 220 Å². The molecule has 7 aliphatic rings. The van der Waals surface area contributed by atoms with Crippen molar-refractivity contribution in [3.63, 3.8) is 0 Å². The first kappa shape index (κ1) is 79.1. The molecule has 11 bridgehead atoms. The van der Waals surface area contributed by atoms with E-state index in [1.807, 2.05) is 13.8 Å². The minimum Gasteiger partial charge on any atom is -0.508 e. The maximum absolute atomic E-state index is 16.2. The molecule has 13 rings (SSSR count). The molecule has 0 unspecified atom stereocenters. The highest BCUT2D eigenvalue weighted by Crippen LogP contribution is 2.50. The summed E-state index contributed by atoms with van der Waals surface area (Å²) in [6.07, 6.45) is -18.5. The molecule has 7 heterocycles. The fourth-order valence-electron chi connectivity index (χ4n) is 13.4. The van der Waals surface area contributed by atoms with Gasteiger partial charge in [-0.05, 0) is 121 Å². The van der Waals surface area contributed by atoms with E-state index in [4.69, 9.17) is 63.1 Å². The van der Waals surface area contributed by atoms with Crippen LogP contribution in [0.1, 0.15) is 111 Å². The number of primary amides is 1. The number of nitrogens with one attached hydrogen (secondary N) is 8. The van der Waals surface area contributed by atoms with Crippen LogP contribution in [0.25, 0.3) is 11.1 Å². The molecule has 2 fully saturated rings. The Bertz CT molecular complexity index is 4450. The van der Waals surface area contributed by atoms with Gasteiger partial charge in [0.25, 0.3) is 0 Å². The number of ether oxygens (including phenoxy) is 6. The summed E-state index contributed by atoms with van der Waals surface area (Å²) in [6, 6.07) is 8.86. The van der Waals surface area contributed by atoms with Crippen LogP contribution in [0.4, 0.5) is 0 Å². The van der Waals surface area contributed by atoms with Crippen molar-refractivity contribution in [2.24, 2.45) is 17.4 Å². The van der Waals surface area contributed by atoms with Crippen molar-refractivity contribution >= 4 is 70.5 Å². The molecule has 2 saturated heterocycles. The van der Waals surface area contributed by atoms with Crippen LogP contribution in [0.2, 0.25) is 10.0 Å². The molecule has 0 radical (unpaired) electrons. The van der Waals surface area contributed by atoms with Gasteiger partial charge in [-0.25, -0.2) is 0 Å². The minimum absolute atomic E-state index is 0.0964. The Balaban J connectivity index is 1.15. The first-order valence-corrected chi connectivity index (χ1v) is 35.0. The van der Waals surface area contributed by atoms with E-state index in [1.54, 1.807) is 30.3 Å². The van der Waals surface area contributed by atoms with Gasteiger partial charge in [0.2, 0.25) is 59.3 Å². The number of carbonyl (C=O) groups is 8. The first-order chi connectivity index (χ1) is 51.2. The monoisotopic (exact) mass is 1540 g/mol. The van der Waals surface area contributed by atoms with Crippen molar-refractivity contribution in [3.8, 4) is 57.1 Å². The fourth-order valence-corrected chi connectivity index (χ4v) is 13.8. The number of fused-ring (bicyclic) bond motifs is 15. The Labute approximate surface area is 626 Å². The van der Waals surface area contributed by atoms with Crippen LogP contribution < -0.4 is 68.2 Å². The number of aliphatic hydroxyl groups excluding tert-OH is 6. The predicted octanol–water partition coefficient (Wildman–Crippen LogP) is 1.34. The molecule has 21 N–H and O–H groups in total. The molecule has 576 valence electrons. The predicted molar refractivity (Wildman–Crippen MR) is 380 cm³/mol. The number of carbonyl (C=O) groups excluding carboxylic acids is 8. The van der Waals surface area contributed by atoms with Crippen molar-refractivity contribution in [3.05, 3.63) is 153 Å². The van der Waals surface area contributed by atoms with Crippen molar-refractivity contribution in [1.82, 2.24) is 42.5 Å². The van der Waals surface area contributed by atoms with Gasteiger partial charge < -0.3 is 128 Å². The Hall–Kier alpha value is -9.98. The van der Waals surface area contributed by atoms with Gasteiger partial charge in [-0.15, -0.1) is 0 Å². The molecule has 8 amide bonds. The SMILES string of the molecule is CN[C@H](CC(C)C)C(=O)N[C@H]1C(=O)N[C@@H](CC(N)=O)C(=O)N[C@H]2C(=O)N[C@H]3C(=O)N[C@H](C(=O)N[C@H](C(=O)NCc4ccccc4)c4cc(O)cc(O)c4-c4cc3ccc4O)[C@H](O)c3ccc(c(Cl)c3)Oc3cc2cc(c3O[C@@H]2O[C@H](CO)[C@@H](O)[C@H](O)[C@H]2O[C@H]2C[C@](C)(N)[C@H](O)[C@H](C)O2)Oc2ccc(cc2Cl)[C@H]1O. The second-order valence-electron chi connectivity index (χ2n) is 27.6. The molecule has 6 aromatic carbocycles. The number of hydrogen-bond acceptors (Lipinski definition) is 25. The van der Waals surface area contributed by atoms with Crippen LogP contribution in [0, 0.1) is 5.92 Å². The normalized spacial score (nSPS) is 28.2. The Morgan fingerprint density at radius 3 is 1.93 bits per heavy atom. The zero-order chi connectivity index (χ0) is 78.1. The van der Waals surface area contributed by atoms with Crippen molar-refractivity contribution in [1.29, 1.82) is 0 Å². The third kappa shape index (κ3) is 17.1. The summed E-state index contributed by atoms with van der Waals surface area (Å²) in [5, 5.41) is 125. The van der Waals surface area contributed by atoms with Gasteiger partial charge in [0.05, 0.1) is 41.3 Å². The first-order valence-electron chi connectivity index (χ1n) is 34.3. The number of phenolic OH excluding ortho intramolecular Hbond substituents is 3. The molecule has 108 heavy (non-hydrogen) atoms. The van der Waals surface area contributed by atoms with Gasteiger partial charge in [-0.3, -0.25) is 38.4 Å². The Morgan fingerprint density at radius 2 is 1.31 bits per heavy atom. The van der Waals surface area contributed by atoms with E-state index in [0.717, 1.165) is 60.7 Å². The van der Waals surface area contributed by atoms with Crippen molar-refractivity contribution in [2.75, 3.05) is 13.7 Å². The topological polar surface area (TPSA) is 522 Å². The Morgan fingerprint density at radius 1 is 0.694 bits per heavy atom. The molecule has 0 aliphatic carbocycles. The van der Waals surface area contributed by atoms with Crippen LogP contribution in [-0.2, 0) is 59.1 Å². The zero-order valence-electron chi connectivity index (χ0n) is 58.5. The number of rotatable bonds is 15. The Kier molecular flexibility index (Phi) is 24.1. The van der Waals surface area contributed by atoms with Gasteiger partial charge >= 0.3 is 0 Å². The lowest BCUT2D eigenvalue weighted by atomic mass is 9.86. The number of benzene rings is 6. The summed E-state index contributed by atoms with van der Waals surface area (Å²) < 4.78 is 38.6. The maximum Gasteiger partial charge on any atom is 0.248 e. The maximum atomic E-state index is 16.2. The fraction of sp³-hybridized carbons (Fsp3) is 0.397. The quantitative estimate of drug-likeness (QED) is 0.0690. The van der Waals surface area contributed by atoms with Crippen LogP contribution in [0.3, 0.4) is 0 Å². The van der Waals surface area contributed by atoms with Gasteiger partial charge in [-0.2, -0.15) is 0 Å². The number of phenols is 3. The highest BCUT2D eigenvalue weighted by atomic mass is 35.5. The average molecular weight is 1540 g/mol. The van der Waals surface area contributed by atoms with E-state index in [1.165, 1.54) is 39.1 Å². The molecule has 7 aliphatic heterocycles. The van der Waals surface area contributed by atoms with E-state index in [9.17, 15) is 65.1 Å². The third-order valence-electron chi connectivity index (χ3n) is 19.1. The molecule has 0 saturated carbocycles. The number of aliphatic hydroxyl groups is 6. The van der Waals surface area contributed by atoms with Crippen molar-refractivity contribution in [2.45, 2.75) is 163 Å². The second kappa shape index (κ2) is 32.8. The van der Waals surface area contributed by atoms with Gasteiger partial charge in [0, 0.05) is 35.7 Å². The van der Waals surface area contributed by atoms with E-state index in [0.29, 0.717) is 5.56 Å². The number of aromatic hydroxyl groups is 3. The molecule has 0 spiro atoms. The smallest absolute Gasteiger partial charge is 0.248 e. The van der Waals surface area contributed by atoms with E-state index in [-0.39, 0.29) is 69.6 Å². The summed E-state index contributed by atoms with van der Waals surface area (Å²) in [7, 11) is 1.48. The summed E-state index contributed by atoms with van der Waals surface area (Å²) in [5.74, 6) is -14.6. The zero-order valence-corrected chi connectivity index (χ0v) is 60.0. The standard InChI is InChI=1S/C73H82Cl2N10O23/c1-29(2)17-41(78-5)65(96)84-56-58(91)33-12-15-45(39(74)19-33)104-47-21-35-22-48(62(47)108-72-63(61(94)60(93)49(28-86)106-72)107-51-26-73(4,77)64(95)30(3)103-51)105-46-16-13-34(20-40(46)75)59(92)57-71(102)83-55(67(98)79-27-31-9-7-6-8-10-31)38-23-36(87)24-44(89)52(38)37-18-32(11-14-43(37)88)53(68(99)85-57)82-69(100)54(35)81-66(97)42(25-50(76)90)80-70(56)101/h6-16,18-24,29-30,41-42,49,51,53-61,63-64,72,78,86-89,91-95H,17,25-28,77H2,1-5H3,(H2,76,90)(H,79,98)(H,80,101)(H,81,97)(H,82,100)(H,83,102)(H,84,96)(H,85,99)/t30-,41+,42-,49+,51-,53+,54+,55-,56+,57-,58+,59+,60+,61-,63+,64+,72-,73-/m0/s1. The lowest BCUT2D eigenvalue weighted by Gasteiger charge is -2.47. The van der Waals surface area contributed by atoms with Crippen LogP contribution in [-0.4, -0.2) is 186 Å². The van der Waals surface area contributed by atoms with E-state index in [2.05, 4.69) is 42.5 Å². The summed E-state index contributed by atoms with van der Waals surface area (Å²) in [5.41, 5.74) is 9.18. The second-order valence-corrected chi connectivity index (χ2v) is 28.4. The number of amides is 8. The van der Waals surface area contributed by atoms with Crippen molar-refractivity contribution < 1.29 is 113 Å². The highest BCUT2D eigenvalue weighted by Gasteiger charge is 2.52. The lowest BCUT2D eigenvalue weighted by Crippen LogP contribution is -2.64. The largest absolute Gasteiger partial charge is 0.508 e. The molecule has 6 aromatic rings. The summed E-state index contributed by atoms with van der Waals surface area (Å²) >= 11 is 14.3. The molecular weight excluding hydrogens is 1460 g/mol. The summed E-state index contributed by atoms with van der Waals surface area (Å²) in [4.78, 5) is 120. The average Bonchev–Trinajstić information content (AvgIpc) is 0.766. The highest BCUT2D eigenvalue weighted by molar-refractivity contribution is 6.32. The van der Waals surface area contributed by atoms with Gasteiger partial charge in [0.15, 0.2) is 23.9 Å². The van der Waals surface area contributed by atoms with E-state index >= 15 is 19.2 Å². The van der Waals surface area contributed by atoms with Gasteiger partial charge in [-0.1, -0.05) is 85.6 Å².